The van der Waals surface area contributed by atoms with Crippen LogP contribution < -0.4 is 11.5 Å². The Kier molecular flexibility index (Phi) is 6.97. The van der Waals surface area contributed by atoms with Gasteiger partial charge in [-0.3, -0.25) is 4.79 Å². The van der Waals surface area contributed by atoms with Gasteiger partial charge in [0.05, 0.1) is 0 Å². The maximum atomic E-state index is 11.6. The highest BCUT2D eigenvalue weighted by atomic mass is 79.9. The summed E-state index contributed by atoms with van der Waals surface area (Å²) in [5, 5.41) is 0. The van der Waals surface area contributed by atoms with Crippen molar-refractivity contribution in [1.29, 1.82) is 0 Å². The van der Waals surface area contributed by atoms with E-state index in [4.69, 9.17) is 11.5 Å². The number of nitrogens with two attached hydrogens (primary N) is 2. The van der Waals surface area contributed by atoms with Crippen molar-refractivity contribution in [2.45, 2.75) is 6.54 Å². The zero-order chi connectivity index (χ0) is 12.0. The third-order valence-electron chi connectivity index (χ3n) is 2.09. The van der Waals surface area contributed by atoms with Crippen molar-refractivity contribution in [3.63, 3.8) is 0 Å². The molecule has 0 radical (unpaired) electrons. The van der Waals surface area contributed by atoms with E-state index in [2.05, 4.69) is 4.99 Å². The second-order valence-electron chi connectivity index (χ2n) is 3.48. The van der Waals surface area contributed by atoms with Crippen LogP contribution >= 0.6 is 17.0 Å². The largest absolute Gasteiger partial charge is 0.370 e. The number of amides is 1. The summed E-state index contributed by atoms with van der Waals surface area (Å²) in [5.74, 6) is -0.182. The van der Waals surface area contributed by atoms with Gasteiger partial charge in [0.2, 0.25) is 5.91 Å². The average molecular weight is 301 g/mol. The summed E-state index contributed by atoms with van der Waals surface area (Å²) in [6.45, 7) is 0.547. The third kappa shape index (κ3) is 5.91. The monoisotopic (exact) mass is 300 g/mol. The van der Waals surface area contributed by atoms with Gasteiger partial charge >= 0.3 is 0 Å². The van der Waals surface area contributed by atoms with Crippen molar-refractivity contribution in [3.8, 4) is 0 Å². The number of likely N-dealkylation sites (N-methyl/N-ethyl adjacent to an activating group) is 1. The van der Waals surface area contributed by atoms with E-state index in [-0.39, 0.29) is 35.4 Å². The highest BCUT2D eigenvalue weighted by molar-refractivity contribution is 8.93. The predicted octanol–water partition coefficient (Wildman–Crippen LogP) is 0.496. The second kappa shape index (κ2) is 7.67. The Morgan fingerprint density at radius 3 is 2.41 bits per heavy atom. The number of nitrogens with zero attached hydrogens (tertiary/aromatic N) is 2. The number of benzene rings is 1. The minimum Gasteiger partial charge on any atom is -0.370 e. The van der Waals surface area contributed by atoms with E-state index in [0.717, 1.165) is 5.56 Å². The maximum Gasteiger partial charge on any atom is 0.244 e. The molecule has 0 aliphatic rings. The fourth-order valence-corrected chi connectivity index (χ4v) is 1.23. The molecule has 0 saturated carbocycles. The van der Waals surface area contributed by atoms with Crippen LogP contribution in [0.5, 0.6) is 0 Å². The maximum absolute atomic E-state index is 11.6. The molecule has 5 nitrogen and oxygen atoms in total. The van der Waals surface area contributed by atoms with Gasteiger partial charge in [0, 0.05) is 13.6 Å². The van der Waals surface area contributed by atoms with Gasteiger partial charge in [-0.25, -0.2) is 4.99 Å². The SMILES string of the molecule is Br.CN(Cc1ccccc1)C(=O)CN=C(N)N. The molecule has 0 aromatic heterocycles. The molecule has 0 heterocycles. The quantitative estimate of drug-likeness (QED) is 0.627. The molecule has 0 aliphatic heterocycles. The molecule has 0 saturated heterocycles. The van der Waals surface area contributed by atoms with Gasteiger partial charge in [-0.2, -0.15) is 0 Å². The van der Waals surface area contributed by atoms with Crippen LogP contribution in [0.4, 0.5) is 0 Å². The molecule has 4 N–H and O–H groups in total. The summed E-state index contributed by atoms with van der Waals surface area (Å²) >= 11 is 0. The Balaban J connectivity index is 0.00000256. The minimum absolute atomic E-state index is 0. The van der Waals surface area contributed by atoms with Gasteiger partial charge in [0.15, 0.2) is 5.96 Å². The normalized spacial score (nSPS) is 9.00. The van der Waals surface area contributed by atoms with Crippen LogP contribution in [0.2, 0.25) is 0 Å². The highest BCUT2D eigenvalue weighted by Crippen LogP contribution is 2.02. The lowest BCUT2D eigenvalue weighted by atomic mass is 10.2. The minimum atomic E-state index is -0.114. The first-order valence-corrected chi connectivity index (χ1v) is 4.93. The Hall–Kier alpha value is -1.56. The summed E-state index contributed by atoms with van der Waals surface area (Å²) in [6, 6.07) is 9.73. The molecule has 0 aliphatic carbocycles. The molecule has 0 fully saturated rings. The fourth-order valence-electron chi connectivity index (χ4n) is 1.23. The predicted molar refractivity (Wildman–Crippen MR) is 73.9 cm³/mol. The van der Waals surface area contributed by atoms with E-state index in [9.17, 15) is 4.79 Å². The summed E-state index contributed by atoms with van der Waals surface area (Å²) in [7, 11) is 1.72. The van der Waals surface area contributed by atoms with Crippen LogP contribution in [-0.2, 0) is 11.3 Å². The van der Waals surface area contributed by atoms with Gasteiger partial charge in [0.25, 0.3) is 0 Å². The molecule has 1 rings (SSSR count). The summed E-state index contributed by atoms with van der Waals surface area (Å²) in [5.41, 5.74) is 11.4. The van der Waals surface area contributed by atoms with E-state index in [0.29, 0.717) is 6.54 Å². The van der Waals surface area contributed by atoms with Gasteiger partial charge < -0.3 is 16.4 Å². The van der Waals surface area contributed by atoms with Crippen LogP contribution in [-0.4, -0.2) is 30.4 Å². The van der Waals surface area contributed by atoms with Crippen molar-refractivity contribution in [2.75, 3.05) is 13.6 Å². The molecule has 0 spiro atoms. The summed E-state index contributed by atoms with van der Waals surface area (Å²) in [4.78, 5) is 16.8. The van der Waals surface area contributed by atoms with Gasteiger partial charge in [-0.05, 0) is 5.56 Å². The lowest BCUT2D eigenvalue weighted by Gasteiger charge is -2.15. The number of halogens is 1. The fraction of sp³-hybridized carbons (Fsp3) is 0.273. The van der Waals surface area contributed by atoms with E-state index in [1.54, 1.807) is 11.9 Å². The van der Waals surface area contributed by atoms with E-state index < -0.39 is 0 Å². The van der Waals surface area contributed by atoms with Gasteiger partial charge in [-0.1, -0.05) is 30.3 Å². The molecule has 0 atom stereocenters. The average Bonchev–Trinajstić information content (AvgIpc) is 2.27. The molecule has 0 unspecified atom stereocenters. The molecule has 94 valence electrons. The van der Waals surface area contributed by atoms with Crippen molar-refractivity contribution in [2.24, 2.45) is 16.5 Å². The van der Waals surface area contributed by atoms with Crippen LogP contribution in [0.15, 0.2) is 35.3 Å². The molecular weight excluding hydrogens is 284 g/mol. The Bertz CT molecular complexity index is 376. The molecule has 1 aromatic rings. The first-order chi connectivity index (χ1) is 7.59. The smallest absolute Gasteiger partial charge is 0.244 e. The first-order valence-electron chi connectivity index (χ1n) is 4.93. The number of hydrogen-bond donors (Lipinski definition) is 2. The van der Waals surface area contributed by atoms with Crippen molar-refractivity contribution >= 4 is 28.8 Å². The topological polar surface area (TPSA) is 84.7 Å². The van der Waals surface area contributed by atoms with Crippen LogP contribution in [0.3, 0.4) is 0 Å². The highest BCUT2D eigenvalue weighted by Gasteiger charge is 2.07. The van der Waals surface area contributed by atoms with Crippen molar-refractivity contribution in [3.05, 3.63) is 35.9 Å². The van der Waals surface area contributed by atoms with Crippen LogP contribution in [0, 0.1) is 0 Å². The molecular formula is C11H17BrN4O. The molecule has 1 amide bonds. The van der Waals surface area contributed by atoms with Crippen LogP contribution in [0.1, 0.15) is 5.56 Å². The lowest BCUT2D eigenvalue weighted by Crippen LogP contribution is -2.30. The zero-order valence-electron chi connectivity index (χ0n) is 9.67. The second-order valence-corrected chi connectivity index (χ2v) is 3.48. The molecule has 6 heteroatoms. The Labute approximate surface area is 111 Å². The zero-order valence-corrected chi connectivity index (χ0v) is 11.4. The first kappa shape index (κ1) is 15.4. The van der Waals surface area contributed by atoms with E-state index in [1.807, 2.05) is 30.3 Å². The molecule has 17 heavy (non-hydrogen) atoms. The molecule has 0 bridgehead atoms. The van der Waals surface area contributed by atoms with E-state index >= 15 is 0 Å². The lowest BCUT2D eigenvalue weighted by molar-refractivity contribution is -0.128. The number of carbonyl (C=O) groups is 1. The van der Waals surface area contributed by atoms with Crippen LogP contribution in [0.25, 0.3) is 0 Å². The molecule has 1 aromatic carbocycles. The third-order valence-corrected chi connectivity index (χ3v) is 2.09. The summed E-state index contributed by atoms with van der Waals surface area (Å²) in [6.07, 6.45) is 0. The number of carbonyl (C=O) groups excluding carboxylic acids is 1. The Morgan fingerprint density at radius 2 is 1.88 bits per heavy atom. The standard InChI is InChI=1S/C11H16N4O.BrH/c1-15(10(16)7-14-11(12)13)8-9-5-3-2-4-6-9;/h2-6H,7-8H2,1H3,(H4,12,13,14);1H. The van der Waals surface area contributed by atoms with Gasteiger partial charge in [-0.15, -0.1) is 17.0 Å². The number of hydrogen-bond acceptors (Lipinski definition) is 2. The Morgan fingerprint density at radius 1 is 1.29 bits per heavy atom. The van der Waals surface area contributed by atoms with Crippen molar-refractivity contribution < 1.29 is 4.79 Å². The number of aliphatic imine (C=N–C) groups is 1. The van der Waals surface area contributed by atoms with Gasteiger partial charge in [0.1, 0.15) is 6.54 Å². The van der Waals surface area contributed by atoms with Crippen molar-refractivity contribution in [1.82, 2.24) is 4.90 Å². The number of rotatable bonds is 4. The van der Waals surface area contributed by atoms with E-state index in [1.165, 1.54) is 0 Å². The summed E-state index contributed by atoms with van der Waals surface area (Å²) < 4.78 is 0. The number of guanidine groups is 1.